The molecule has 11 nitrogen and oxygen atoms in total. The summed E-state index contributed by atoms with van der Waals surface area (Å²) in [5, 5.41) is 0. The number of ether oxygens (including phenoxy) is 4. The van der Waals surface area contributed by atoms with E-state index in [1.807, 2.05) is 13.8 Å². The lowest BCUT2D eigenvalue weighted by Gasteiger charge is -2.61. The SMILES string of the molecule is C[C@H]1[C@@H](CC(CC2O[C@@H]3O[C@@]4(C)CCC5[C@H](C)CC[C@@H]([C@H]2C)[C@]53OO4)C(=O)NN)O[C@@H]2O[C@]3(C)CCC4[C@H](C)CC[C@@H]1[C@]42OO3. The van der Waals surface area contributed by atoms with Crippen molar-refractivity contribution < 1.29 is 43.3 Å². The van der Waals surface area contributed by atoms with Crippen LogP contribution in [0.5, 0.6) is 0 Å². The van der Waals surface area contributed by atoms with Crippen molar-refractivity contribution in [2.24, 2.45) is 59.1 Å². The van der Waals surface area contributed by atoms with E-state index in [2.05, 4.69) is 33.1 Å². The van der Waals surface area contributed by atoms with Gasteiger partial charge in [0, 0.05) is 30.6 Å². The number of hydrogen-bond acceptors (Lipinski definition) is 10. The van der Waals surface area contributed by atoms with Crippen molar-refractivity contribution in [1.82, 2.24) is 5.43 Å². The maximum atomic E-state index is 13.5. The first-order chi connectivity index (χ1) is 21.4. The third-order valence-electron chi connectivity index (χ3n) is 14.1. The molecular weight excluding hydrogens is 580 g/mol. The maximum absolute atomic E-state index is 13.5. The van der Waals surface area contributed by atoms with Crippen molar-refractivity contribution in [2.45, 2.75) is 153 Å². The molecule has 8 aliphatic heterocycles. The Hall–Kier alpha value is -0.890. The molecule has 10 rings (SSSR count). The quantitative estimate of drug-likeness (QED) is 0.187. The van der Waals surface area contributed by atoms with Gasteiger partial charge >= 0.3 is 0 Å². The Morgan fingerprint density at radius 3 is 1.56 bits per heavy atom. The van der Waals surface area contributed by atoms with Gasteiger partial charge < -0.3 is 18.9 Å². The first-order valence-electron chi connectivity index (χ1n) is 17.8. The fourth-order valence-electron chi connectivity index (χ4n) is 11.5. The van der Waals surface area contributed by atoms with Crippen LogP contribution in [0.1, 0.15) is 106 Å². The summed E-state index contributed by atoms with van der Waals surface area (Å²) in [4.78, 5) is 38.2. The second kappa shape index (κ2) is 10.8. The van der Waals surface area contributed by atoms with Crippen molar-refractivity contribution in [1.29, 1.82) is 0 Å². The molecule has 4 bridgehead atoms. The Labute approximate surface area is 267 Å². The summed E-state index contributed by atoms with van der Waals surface area (Å²) in [5.74, 6) is 5.79. The summed E-state index contributed by atoms with van der Waals surface area (Å²) in [6.45, 7) is 13.0. The Morgan fingerprint density at radius 1 is 0.689 bits per heavy atom. The lowest BCUT2D eigenvalue weighted by molar-refractivity contribution is -0.571. The third-order valence-corrected chi connectivity index (χ3v) is 14.1. The van der Waals surface area contributed by atoms with E-state index in [9.17, 15) is 4.79 Å². The van der Waals surface area contributed by atoms with Crippen LogP contribution in [-0.4, -0.2) is 53.5 Å². The smallest absolute Gasteiger partial charge is 0.237 e. The van der Waals surface area contributed by atoms with Gasteiger partial charge in [-0.15, -0.1) is 0 Å². The largest absolute Gasteiger partial charge is 0.346 e. The van der Waals surface area contributed by atoms with E-state index in [0.717, 1.165) is 51.4 Å². The molecule has 11 heteroatoms. The monoisotopic (exact) mass is 634 g/mol. The molecule has 0 radical (unpaired) electrons. The van der Waals surface area contributed by atoms with Gasteiger partial charge in [-0.05, 0) is 101 Å². The standard InChI is InChI=1S/C34H54N2O9/c1-17-7-9-24-19(3)26(38-29-33(24)22(17)11-13-31(5,40-29)42-44-33)15-21(28(37)36-35)16-27-20(4)25-10-8-18(2)23-12-14-32(6)41-30(39-27)34(23,25)45-43-32/h17-27,29-30H,7-16,35H2,1-6H3,(H,36,37)/t17-,18-,19-,20-,21?,22?,23?,24+,25+,26-,27?,29-,30-,31+,32-,33-,34-/m1/s1. The van der Waals surface area contributed by atoms with Gasteiger partial charge in [-0.2, -0.15) is 0 Å². The molecule has 254 valence electrons. The van der Waals surface area contributed by atoms with E-state index < -0.39 is 41.3 Å². The van der Waals surface area contributed by atoms with Crippen molar-refractivity contribution in [3.05, 3.63) is 0 Å². The molecule has 2 saturated carbocycles. The lowest BCUT2D eigenvalue weighted by Crippen LogP contribution is -2.70. The average Bonchev–Trinajstić information content (AvgIpc) is 3.39. The predicted octanol–water partition coefficient (Wildman–Crippen LogP) is 4.87. The highest BCUT2D eigenvalue weighted by molar-refractivity contribution is 5.78. The minimum atomic E-state index is -0.839. The normalized spacial score (nSPS) is 57.2. The molecule has 10 fully saturated rings. The number of hydrazine groups is 1. The van der Waals surface area contributed by atoms with Gasteiger partial charge in [0.1, 0.15) is 0 Å². The molecule has 8 heterocycles. The van der Waals surface area contributed by atoms with Gasteiger partial charge in [-0.1, -0.05) is 27.7 Å². The van der Waals surface area contributed by atoms with Crippen LogP contribution in [0, 0.1) is 53.3 Å². The molecular formula is C34H54N2O9. The van der Waals surface area contributed by atoms with Crippen molar-refractivity contribution in [3.63, 3.8) is 0 Å². The van der Waals surface area contributed by atoms with Gasteiger partial charge in [0.25, 0.3) is 0 Å². The molecule has 0 aromatic carbocycles. The first-order valence-corrected chi connectivity index (χ1v) is 17.8. The molecule has 3 N–H and O–H groups in total. The Balaban J connectivity index is 1.05. The van der Waals surface area contributed by atoms with Crippen LogP contribution in [0.15, 0.2) is 0 Å². The highest BCUT2D eigenvalue weighted by Crippen LogP contribution is 2.63. The van der Waals surface area contributed by atoms with E-state index in [1.165, 1.54) is 0 Å². The van der Waals surface area contributed by atoms with Crippen LogP contribution >= 0.6 is 0 Å². The number of rotatable bonds is 5. The molecule has 45 heavy (non-hydrogen) atoms. The van der Waals surface area contributed by atoms with Crippen LogP contribution in [0.4, 0.5) is 0 Å². The second-order valence-electron chi connectivity index (χ2n) is 16.6. The zero-order valence-corrected chi connectivity index (χ0v) is 27.8. The Bertz CT molecular complexity index is 1100. The van der Waals surface area contributed by atoms with Crippen LogP contribution < -0.4 is 11.3 Å². The highest BCUT2D eigenvalue weighted by Gasteiger charge is 2.71. The molecule has 1 amide bonds. The van der Waals surface area contributed by atoms with E-state index >= 15 is 0 Å². The van der Waals surface area contributed by atoms with Crippen molar-refractivity contribution >= 4 is 5.91 Å². The molecule has 0 aromatic rings. The number of carbonyl (C=O) groups is 1. The molecule has 8 saturated heterocycles. The number of nitrogens with two attached hydrogens (primary N) is 1. The fourth-order valence-corrected chi connectivity index (χ4v) is 11.5. The minimum Gasteiger partial charge on any atom is -0.346 e. The average molecular weight is 635 g/mol. The van der Waals surface area contributed by atoms with Crippen LogP contribution in [0.2, 0.25) is 0 Å². The summed E-state index contributed by atoms with van der Waals surface area (Å²) in [6, 6.07) is 0. The summed E-state index contributed by atoms with van der Waals surface area (Å²) in [5.41, 5.74) is 1.20. The van der Waals surface area contributed by atoms with Gasteiger partial charge in [0.2, 0.25) is 17.5 Å². The van der Waals surface area contributed by atoms with Gasteiger partial charge in [0.15, 0.2) is 23.8 Å². The van der Waals surface area contributed by atoms with Gasteiger partial charge in [0.05, 0.1) is 12.2 Å². The highest BCUT2D eigenvalue weighted by atomic mass is 17.3. The summed E-state index contributed by atoms with van der Waals surface area (Å²) in [6.07, 6.45) is 7.32. The number of hydrogen-bond donors (Lipinski definition) is 2. The van der Waals surface area contributed by atoms with E-state index in [0.29, 0.717) is 36.5 Å². The van der Waals surface area contributed by atoms with Gasteiger partial charge in [-0.25, -0.2) is 25.4 Å². The fraction of sp³-hybridized carbons (Fsp3) is 0.971. The van der Waals surface area contributed by atoms with Crippen molar-refractivity contribution in [3.8, 4) is 0 Å². The molecule has 0 aromatic heterocycles. The minimum absolute atomic E-state index is 0.138. The Morgan fingerprint density at radius 2 is 1.13 bits per heavy atom. The topological polar surface area (TPSA) is 129 Å². The van der Waals surface area contributed by atoms with Crippen LogP contribution in [0.25, 0.3) is 0 Å². The van der Waals surface area contributed by atoms with Crippen LogP contribution in [0.3, 0.4) is 0 Å². The maximum Gasteiger partial charge on any atom is 0.237 e. The molecule has 2 spiro atoms. The first kappa shape index (κ1) is 31.4. The van der Waals surface area contributed by atoms with Gasteiger partial charge in [-0.3, -0.25) is 10.2 Å². The molecule has 17 atom stereocenters. The third kappa shape index (κ3) is 4.51. The summed E-state index contributed by atoms with van der Waals surface area (Å²) < 4.78 is 26.9. The Kier molecular flexibility index (Phi) is 7.54. The van der Waals surface area contributed by atoms with Crippen molar-refractivity contribution in [2.75, 3.05) is 0 Å². The number of amides is 1. The summed E-state index contributed by atoms with van der Waals surface area (Å²) in [7, 11) is 0. The zero-order valence-electron chi connectivity index (χ0n) is 27.8. The lowest BCUT2D eigenvalue weighted by atomic mass is 9.56. The van der Waals surface area contributed by atoms with Crippen LogP contribution in [-0.2, 0) is 43.3 Å². The molecule has 10 aliphatic rings. The molecule has 2 aliphatic carbocycles. The van der Waals surface area contributed by atoms with E-state index in [1.54, 1.807) is 0 Å². The predicted molar refractivity (Wildman–Crippen MR) is 159 cm³/mol. The second-order valence-corrected chi connectivity index (χ2v) is 16.6. The number of nitrogens with one attached hydrogen (secondary N) is 1. The summed E-state index contributed by atoms with van der Waals surface area (Å²) >= 11 is 0. The van der Waals surface area contributed by atoms with E-state index in [-0.39, 0.29) is 41.8 Å². The number of fused-ring (bicyclic) bond motifs is 4. The number of carbonyl (C=O) groups excluding carboxylic acids is 1. The zero-order chi connectivity index (χ0) is 31.5. The molecule has 4 unspecified atom stereocenters. The van der Waals surface area contributed by atoms with E-state index in [4.69, 9.17) is 44.3 Å².